The van der Waals surface area contributed by atoms with Crippen molar-refractivity contribution in [1.29, 1.82) is 0 Å². The van der Waals surface area contributed by atoms with Crippen LogP contribution >= 0.6 is 0 Å². The van der Waals surface area contributed by atoms with E-state index < -0.39 is 0 Å². The molecule has 4 nitrogen and oxygen atoms in total. The second kappa shape index (κ2) is 5.33. The number of pyridine rings is 1. The first-order valence-corrected chi connectivity index (χ1v) is 6.83. The fraction of sp³-hybridized carbons (Fsp3) is 0.250. The summed E-state index contributed by atoms with van der Waals surface area (Å²) in [5, 5.41) is 7.70. The first-order chi connectivity index (χ1) is 9.70. The smallest absolute Gasteiger partial charge is 0.243 e. The van der Waals surface area contributed by atoms with Crippen LogP contribution in [0.3, 0.4) is 0 Å². The summed E-state index contributed by atoms with van der Waals surface area (Å²) < 4.78 is 1.81. The molecule has 1 aromatic carbocycles. The lowest BCUT2D eigenvalue weighted by atomic mass is 10.1. The second-order valence-electron chi connectivity index (χ2n) is 5.11. The van der Waals surface area contributed by atoms with E-state index in [9.17, 15) is 0 Å². The van der Waals surface area contributed by atoms with Gasteiger partial charge in [0, 0.05) is 12.7 Å². The van der Waals surface area contributed by atoms with E-state index in [0.717, 1.165) is 18.6 Å². The molecule has 0 aliphatic rings. The summed E-state index contributed by atoms with van der Waals surface area (Å²) in [6, 6.07) is 12.6. The second-order valence-corrected chi connectivity index (χ2v) is 5.11. The van der Waals surface area contributed by atoms with E-state index in [1.807, 2.05) is 29.8 Å². The molecule has 3 aromatic rings. The maximum Gasteiger partial charge on any atom is 0.243 e. The maximum absolute atomic E-state index is 4.44. The van der Waals surface area contributed by atoms with Crippen LogP contribution in [0.15, 0.2) is 42.6 Å². The maximum atomic E-state index is 4.44. The molecule has 1 N–H and O–H groups in total. The van der Waals surface area contributed by atoms with Gasteiger partial charge in [0.15, 0.2) is 5.65 Å². The molecule has 0 aliphatic carbocycles. The van der Waals surface area contributed by atoms with Crippen LogP contribution < -0.4 is 5.32 Å². The Morgan fingerprint density at radius 1 is 1.10 bits per heavy atom. The third kappa shape index (κ3) is 2.79. The minimum Gasteiger partial charge on any atom is -0.353 e. The number of aromatic nitrogens is 3. The molecule has 20 heavy (non-hydrogen) atoms. The van der Waals surface area contributed by atoms with Gasteiger partial charge in [0.05, 0.1) is 0 Å². The summed E-state index contributed by atoms with van der Waals surface area (Å²) in [7, 11) is 0. The van der Waals surface area contributed by atoms with Crippen LogP contribution in [-0.2, 0) is 6.42 Å². The fourth-order valence-corrected chi connectivity index (χ4v) is 2.25. The van der Waals surface area contributed by atoms with E-state index in [0.29, 0.717) is 5.95 Å². The first kappa shape index (κ1) is 12.7. The number of benzene rings is 1. The van der Waals surface area contributed by atoms with E-state index in [1.165, 1.54) is 16.7 Å². The molecular formula is C16H18N4. The lowest BCUT2D eigenvalue weighted by Gasteiger charge is -2.03. The van der Waals surface area contributed by atoms with Gasteiger partial charge in [-0.15, -0.1) is 5.10 Å². The van der Waals surface area contributed by atoms with Crippen molar-refractivity contribution in [1.82, 2.24) is 14.6 Å². The highest BCUT2D eigenvalue weighted by molar-refractivity contribution is 5.44. The van der Waals surface area contributed by atoms with Gasteiger partial charge in [-0.05, 0) is 37.5 Å². The van der Waals surface area contributed by atoms with Crippen molar-refractivity contribution in [3.8, 4) is 0 Å². The SMILES string of the molecule is Cc1cccc(CCNc2nc3ccc(C)cn3n2)c1. The lowest BCUT2D eigenvalue weighted by molar-refractivity contribution is 0.931. The molecule has 4 heteroatoms. The molecule has 102 valence electrons. The Balaban J connectivity index is 1.65. The molecule has 0 unspecified atom stereocenters. The standard InChI is InChI=1S/C16H18N4/c1-12-4-3-5-14(10-12)8-9-17-16-18-15-7-6-13(2)11-20(15)19-16/h3-7,10-11H,8-9H2,1-2H3,(H,17,19). The van der Waals surface area contributed by atoms with Crippen LogP contribution in [0.4, 0.5) is 5.95 Å². The minimum atomic E-state index is 0.684. The summed E-state index contributed by atoms with van der Waals surface area (Å²) >= 11 is 0. The highest BCUT2D eigenvalue weighted by Crippen LogP contribution is 2.08. The van der Waals surface area contributed by atoms with Crippen LogP contribution in [-0.4, -0.2) is 21.1 Å². The summed E-state index contributed by atoms with van der Waals surface area (Å²) in [6.07, 6.45) is 2.95. The molecule has 2 aromatic heterocycles. The fourth-order valence-electron chi connectivity index (χ4n) is 2.25. The molecule has 0 fully saturated rings. The van der Waals surface area contributed by atoms with E-state index in [-0.39, 0.29) is 0 Å². The van der Waals surface area contributed by atoms with Crippen LogP contribution in [0.2, 0.25) is 0 Å². The van der Waals surface area contributed by atoms with E-state index in [4.69, 9.17) is 0 Å². The molecule has 0 atom stereocenters. The molecule has 0 bridgehead atoms. The number of hydrogen-bond donors (Lipinski definition) is 1. The van der Waals surface area contributed by atoms with Crippen molar-refractivity contribution >= 4 is 11.6 Å². The zero-order valence-corrected chi connectivity index (χ0v) is 11.8. The van der Waals surface area contributed by atoms with Crippen molar-refractivity contribution in [2.24, 2.45) is 0 Å². The first-order valence-electron chi connectivity index (χ1n) is 6.83. The van der Waals surface area contributed by atoms with Crippen LogP contribution in [0.1, 0.15) is 16.7 Å². The number of nitrogens with one attached hydrogen (secondary N) is 1. The van der Waals surface area contributed by atoms with Gasteiger partial charge in [0.2, 0.25) is 5.95 Å². The van der Waals surface area contributed by atoms with Gasteiger partial charge < -0.3 is 5.32 Å². The van der Waals surface area contributed by atoms with E-state index in [1.54, 1.807) is 0 Å². The summed E-state index contributed by atoms with van der Waals surface area (Å²) in [6.45, 7) is 4.99. The van der Waals surface area contributed by atoms with Crippen LogP contribution in [0.5, 0.6) is 0 Å². The number of hydrogen-bond acceptors (Lipinski definition) is 3. The van der Waals surface area contributed by atoms with Crippen molar-refractivity contribution in [2.45, 2.75) is 20.3 Å². The Morgan fingerprint density at radius 2 is 2.00 bits per heavy atom. The van der Waals surface area contributed by atoms with Crippen LogP contribution in [0.25, 0.3) is 5.65 Å². The summed E-state index contributed by atoms with van der Waals surface area (Å²) in [5.41, 5.74) is 4.67. The van der Waals surface area contributed by atoms with Crippen molar-refractivity contribution < 1.29 is 0 Å². The van der Waals surface area contributed by atoms with Gasteiger partial charge in [-0.1, -0.05) is 35.9 Å². The molecule has 0 saturated heterocycles. The minimum absolute atomic E-state index is 0.684. The van der Waals surface area contributed by atoms with Crippen molar-refractivity contribution in [3.63, 3.8) is 0 Å². The van der Waals surface area contributed by atoms with Crippen molar-refractivity contribution in [2.75, 3.05) is 11.9 Å². The number of anilines is 1. The monoisotopic (exact) mass is 266 g/mol. The Hall–Kier alpha value is -2.36. The molecule has 0 radical (unpaired) electrons. The van der Waals surface area contributed by atoms with Gasteiger partial charge in [-0.25, -0.2) is 4.52 Å². The highest BCUT2D eigenvalue weighted by atomic mass is 15.3. The Kier molecular flexibility index (Phi) is 3.37. The van der Waals surface area contributed by atoms with Gasteiger partial charge in [-0.3, -0.25) is 0 Å². The zero-order valence-electron chi connectivity index (χ0n) is 11.8. The number of fused-ring (bicyclic) bond motifs is 1. The van der Waals surface area contributed by atoms with E-state index >= 15 is 0 Å². The molecule has 0 aliphatic heterocycles. The topological polar surface area (TPSA) is 42.2 Å². The molecule has 0 amide bonds. The molecule has 0 saturated carbocycles. The van der Waals surface area contributed by atoms with Crippen LogP contribution in [0, 0.1) is 13.8 Å². The number of rotatable bonds is 4. The third-order valence-corrected chi connectivity index (χ3v) is 3.26. The molecule has 0 spiro atoms. The summed E-state index contributed by atoms with van der Waals surface area (Å²) in [5.74, 6) is 0.684. The lowest BCUT2D eigenvalue weighted by Crippen LogP contribution is -2.06. The molecular weight excluding hydrogens is 248 g/mol. The third-order valence-electron chi connectivity index (χ3n) is 3.26. The number of aryl methyl sites for hydroxylation is 2. The zero-order chi connectivity index (χ0) is 13.9. The molecule has 2 heterocycles. The summed E-state index contributed by atoms with van der Waals surface area (Å²) in [4.78, 5) is 4.44. The normalized spacial score (nSPS) is 10.9. The Bertz CT molecular complexity index is 730. The van der Waals surface area contributed by atoms with Gasteiger partial charge in [-0.2, -0.15) is 4.98 Å². The van der Waals surface area contributed by atoms with E-state index in [2.05, 4.69) is 46.6 Å². The van der Waals surface area contributed by atoms with Gasteiger partial charge >= 0.3 is 0 Å². The Labute approximate surface area is 118 Å². The molecule has 3 rings (SSSR count). The quantitative estimate of drug-likeness (QED) is 0.789. The number of nitrogens with zero attached hydrogens (tertiary/aromatic N) is 3. The average Bonchev–Trinajstić information content (AvgIpc) is 2.80. The largest absolute Gasteiger partial charge is 0.353 e. The average molecular weight is 266 g/mol. The predicted molar refractivity (Wildman–Crippen MR) is 81.1 cm³/mol. The van der Waals surface area contributed by atoms with Gasteiger partial charge in [0.25, 0.3) is 0 Å². The predicted octanol–water partition coefficient (Wildman–Crippen LogP) is 3.00. The van der Waals surface area contributed by atoms with Gasteiger partial charge in [0.1, 0.15) is 0 Å². The highest BCUT2D eigenvalue weighted by Gasteiger charge is 2.02. The Morgan fingerprint density at radius 3 is 2.85 bits per heavy atom. The van der Waals surface area contributed by atoms with Crippen molar-refractivity contribution in [3.05, 3.63) is 59.3 Å².